The first-order valence-electron chi connectivity index (χ1n) is 20.5. The van der Waals surface area contributed by atoms with Crippen molar-refractivity contribution in [2.24, 2.45) is 10.8 Å². The van der Waals surface area contributed by atoms with Gasteiger partial charge in [0.15, 0.2) is 5.78 Å². The van der Waals surface area contributed by atoms with E-state index in [1.54, 1.807) is 11.2 Å². The lowest BCUT2D eigenvalue weighted by Crippen LogP contribution is -2.66. The molecule has 1 aromatic carbocycles. The summed E-state index contributed by atoms with van der Waals surface area (Å²) in [6, 6.07) is 4.51. The van der Waals surface area contributed by atoms with Gasteiger partial charge < -0.3 is 25.8 Å². The number of nitrogens with zero attached hydrogens (tertiary/aromatic N) is 5. The normalized spacial score (nSPS) is 21.6. The molecule has 10 nitrogen and oxygen atoms in total. The van der Waals surface area contributed by atoms with Gasteiger partial charge in [0.1, 0.15) is 29.6 Å². The molecule has 12 heteroatoms. The Morgan fingerprint density at radius 1 is 0.891 bits per heavy atom. The van der Waals surface area contributed by atoms with Crippen LogP contribution < -0.4 is 25.8 Å². The maximum Gasteiger partial charge on any atom is 0.240 e. The standard InChI is InChI=1S/C43H62F2N8O2/c1-6-32(49-39-40(55)42(39,4)5)14-12-10-8-7-9-11-13-19-46-36-26-37(48-30-47-36)52-22-17-43(18-23-52)29-53(28-38(54)50-43)35-25-33(44)31(24-34(35)45)27-51-20-15-41(2,3)16-21-51/h24-26,30,39,49H,1,7-23,27-29H2,2-5H3,(H,50,54)(H,46,47,48). The highest BCUT2D eigenvalue weighted by Crippen LogP contribution is 2.41. The summed E-state index contributed by atoms with van der Waals surface area (Å²) in [5.74, 6) is 0.821. The van der Waals surface area contributed by atoms with Crippen LogP contribution in [0.3, 0.4) is 0 Å². The molecule has 1 atom stereocenters. The number of carbonyl (C=O) groups is 2. The van der Waals surface area contributed by atoms with Crippen molar-refractivity contribution in [3.05, 3.63) is 59.7 Å². The highest BCUT2D eigenvalue weighted by atomic mass is 19.1. The highest BCUT2D eigenvalue weighted by Gasteiger charge is 2.57. The zero-order valence-corrected chi connectivity index (χ0v) is 33.5. The van der Waals surface area contributed by atoms with Crippen molar-refractivity contribution >= 4 is 29.0 Å². The monoisotopic (exact) mass is 760 g/mol. The summed E-state index contributed by atoms with van der Waals surface area (Å²) in [7, 11) is 0. The quantitative estimate of drug-likeness (QED) is 0.115. The number of hydrogen-bond acceptors (Lipinski definition) is 9. The van der Waals surface area contributed by atoms with Gasteiger partial charge in [-0.1, -0.05) is 66.4 Å². The molecule has 0 bridgehead atoms. The first kappa shape index (κ1) is 40.6. The lowest BCUT2D eigenvalue weighted by Gasteiger charge is -2.48. The van der Waals surface area contributed by atoms with Crippen molar-refractivity contribution < 1.29 is 18.4 Å². The van der Waals surface area contributed by atoms with Gasteiger partial charge >= 0.3 is 0 Å². The molecular formula is C43H62F2N8O2. The number of nitrogens with one attached hydrogen (secondary N) is 3. The lowest BCUT2D eigenvalue weighted by atomic mass is 9.82. The number of unbranched alkanes of at least 4 members (excludes halogenated alkanes) is 6. The molecular weight excluding hydrogens is 699 g/mol. The highest BCUT2D eigenvalue weighted by molar-refractivity contribution is 6.07. The smallest absolute Gasteiger partial charge is 0.240 e. The van der Waals surface area contributed by atoms with Gasteiger partial charge in [-0.2, -0.15) is 0 Å². The SMILES string of the molecule is C=C=C(CCCCCCCCCNc1cc(N2CCC3(CC2)CN(c2cc(F)c(CN4CCC(C)(C)CC4)cc2F)CC(=O)N3)ncn1)NC1C(=O)C1(C)C. The summed E-state index contributed by atoms with van der Waals surface area (Å²) in [5, 5.41) is 9.97. The van der Waals surface area contributed by atoms with Gasteiger partial charge in [0.05, 0.1) is 34.9 Å². The maximum absolute atomic E-state index is 15.6. The predicted molar refractivity (Wildman–Crippen MR) is 215 cm³/mol. The second kappa shape index (κ2) is 17.4. The van der Waals surface area contributed by atoms with Gasteiger partial charge in [-0.25, -0.2) is 18.7 Å². The average Bonchev–Trinajstić information content (AvgIpc) is 3.63. The number of anilines is 3. The summed E-state index contributed by atoms with van der Waals surface area (Å²) < 4.78 is 31.0. The third-order valence-corrected chi connectivity index (χ3v) is 12.5. The van der Waals surface area contributed by atoms with E-state index >= 15 is 8.78 Å². The van der Waals surface area contributed by atoms with Crippen LogP contribution in [0, 0.1) is 22.5 Å². The average molecular weight is 761 g/mol. The van der Waals surface area contributed by atoms with Gasteiger partial charge in [-0.3, -0.25) is 14.5 Å². The fourth-order valence-electron chi connectivity index (χ4n) is 8.37. The molecule has 55 heavy (non-hydrogen) atoms. The van der Waals surface area contributed by atoms with E-state index in [2.05, 4.69) is 61.9 Å². The van der Waals surface area contributed by atoms with Crippen LogP contribution in [0.25, 0.3) is 0 Å². The number of rotatable bonds is 17. The molecule has 4 fully saturated rings. The Morgan fingerprint density at radius 2 is 1.56 bits per heavy atom. The molecule has 300 valence electrons. The number of carbonyl (C=O) groups excluding carboxylic acids is 2. The molecule has 4 aliphatic rings. The van der Waals surface area contributed by atoms with E-state index in [1.807, 2.05) is 19.9 Å². The van der Waals surface area contributed by atoms with Gasteiger partial charge in [-0.05, 0) is 69.5 Å². The van der Waals surface area contributed by atoms with Gasteiger partial charge in [0.25, 0.3) is 0 Å². The lowest BCUT2D eigenvalue weighted by molar-refractivity contribution is -0.123. The van der Waals surface area contributed by atoms with Crippen molar-refractivity contribution in [3.8, 4) is 0 Å². The van der Waals surface area contributed by atoms with Crippen LogP contribution in [0.4, 0.5) is 26.1 Å². The number of likely N-dealkylation sites (tertiary alicyclic amines) is 1. The van der Waals surface area contributed by atoms with Gasteiger partial charge in [-0.15, -0.1) is 5.73 Å². The molecule has 0 radical (unpaired) electrons. The fraction of sp³-hybridized carbons (Fsp3) is 0.651. The first-order valence-corrected chi connectivity index (χ1v) is 20.5. The van der Waals surface area contributed by atoms with Crippen LogP contribution in [-0.4, -0.2) is 84.0 Å². The minimum atomic E-state index is -0.528. The summed E-state index contributed by atoms with van der Waals surface area (Å²) in [4.78, 5) is 39.9. The number of Topliss-reactive ketones (excluding diaryl/α,β-unsaturated/α-hetero) is 1. The Hall–Kier alpha value is -4.02. The Kier molecular flexibility index (Phi) is 12.9. The van der Waals surface area contributed by atoms with E-state index in [9.17, 15) is 9.59 Å². The largest absolute Gasteiger partial charge is 0.371 e. The van der Waals surface area contributed by atoms with E-state index in [0.717, 1.165) is 81.9 Å². The Labute approximate surface area is 326 Å². The Bertz CT molecular complexity index is 1720. The zero-order chi connectivity index (χ0) is 39.2. The molecule has 4 heterocycles. The molecule has 1 aromatic heterocycles. The number of hydrogen-bond donors (Lipinski definition) is 3. The second-order valence-electron chi connectivity index (χ2n) is 17.7. The predicted octanol–water partition coefficient (Wildman–Crippen LogP) is 7.12. The number of halogens is 2. The number of amides is 1. The molecule has 1 spiro atoms. The minimum absolute atomic E-state index is 0.000105. The minimum Gasteiger partial charge on any atom is -0.371 e. The second-order valence-corrected chi connectivity index (χ2v) is 17.7. The molecule has 1 saturated carbocycles. The third kappa shape index (κ3) is 10.4. The van der Waals surface area contributed by atoms with Crippen molar-refractivity contribution in [3.63, 3.8) is 0 Å². The van der Waals surface area contributed by atoms with Crippen LogP contribution in [0.1, 0.15) is 110 Å². The molecule has 1 amide bonds. The van der Waals surface area contributed by atoms with Crippen molar-refractivity contribution in [1.82, 2.24) is 25.5 Å². The van der Waals surface area contributed by atoms with E-state index in [-0.39, 0.29) is 40.8 Å². The van der Waals surface area contributed by atoms with E-state index in [0.29, 0.717) is 44.6 Å². The molecule has 3 saturated heterocycles. The van der Waals surface area contributed by atoms with E-state index in [4.69, 9.17) is 0 Å². The van der Waals surface area contributed by atoms with Gasteiger partial charge in [0, 0.05) is 50.4 Å². The van der Waals surface area contributed by atoms with Crippen molar-refractivity contribution in [2.75, 3.05) is 60.9 Å². The molecule has 3 N–H and O–H groups in total. The maximum atomic E-state index is 15.6. The summed E-state index contributed by atoms with van der Waals surface area (Å²) in [5.41, 5.74) is 3.95. The number of allylic oxidation sites excluding steroid dienone is 1. The van der Waals surface area contributed by atoms with Crippen molar-refractivity contribution in [2.45, 2.75) is 123 Å². The van der Waals surface area contributed by atoms with Gasteiger partial charge in [0.2, 0.25) is 5.91 Å². The molecule has 1 aliphatic carbocycles. The van der Waals surface area contributed by atoms with Crippen LogP contribution in [-0.2, 0) is 16.1 Å². The number of aromatic nitrogens is 2. The van der Waals surface area contributed by atoms with Crippen LogP contribution in [0.2, 0.25) is 0 Å². The number of piperidine rings is 2. The van der Waals surface area contributed by atoms with E-state index < -0.39 is 17.2 Å². The summed E-state index contributed by atoms with van der Waals surface area (Å²) in [6.45, 7) is 17.0. The molecule has 2 aromatic rings. The summed E-state index contributed by atoms with van der Waals surface area (Å²) >= 11 is 0. The zero-order valence-electron chi connectivity index (χ0n) is 33.5. The van der Waals surface area contributed by atoms with Crippen molar-refractivity contribution in [1.29, 1.82) is 0 Å². The number of benzene rings is 1. The summed E-state index contributed by atoms with van der Waals surface area (Å²) in [6.07, 6.45) is 13.9. The Balaban J connectivity index is 0.898. The van der Waals surface area contributed by atoms with Crippen LogP contribution >= 0.6 is 0 Å². The molecule has 1 unspecified atom stereocenters. The number of piperazine rings is 1. The van der Waals surface area contributed by atoms with E-state index in [1.165, 1.54) is 31.4 Å². The third-order valence-electron chi connectivity index (χ3n) is 12.5. The topological polar surface area (TPSA) is 106 Å². The Morgan fingerprint density at radius 3 is 2.24 bits per heavy atom. The fourth-order valence-corrected chi connectivity index (χ4v) is 8.37. The number of ketones is 1. The first-order chi connectivity index (χ1) is 26.3. The van der Waals surface area contributed by atoms with Crippen LogP contribution in [0.5, 0.6) is 0 Å². The van der Waals surface area contributed by atoms with Crippen LogP contribution in [0.15, 0.2) is 42.5 Å². The molecule has 6 rings (SSSR count). The molecule has 3 aliphatic heterocycles.